The fourth-order valence-electron chi connectivity index (χ4n) is 2.92. The average molecular weight is 260 g/mol. The quantitative estimate of drug-likeness (QED) is 0.849. The van der Waals surface area contributed by atoms with Crippen LogP contribution < -0.4 is 5.73 Å². The molecule has 1 unspecified atom stereocenters. The van der Waals surface area contributed by atoms with Crippen molar-refractivity contribution in [3.8, 4) is 0 Å². The lowest BCUT2D eigenvalue weighted by Gasteiger charge is -2.18. The topological polar surface area (TPSA) is 46.3 Å². The predicted octanol–water partition coefficient (Wildman–Crippen LogP) is 3.09. The molecule has 0 saturated carbocycles. The molecule has 0 spiro atoms. The molecule has 19 heavy (non-hydrogen) atoms. The van der Waals surface area contributed by atoms with Crippen LogP contribution in [0, 0.1) is 18.8 Å². The van der Waals surface area contributed by atoms with Gasteiger partial charge in [0.15, 0.2) is 0 Å². The highest BCUT2D eigenvalue weighted by molar-refractivity contribution is 5.96. The summed E-state index contributed by atoms with van der Waals surface area (Å²) in [4.78, 5) is 14.5. The normalized spacial score (nSPS) is 19.2. The van der Waals surface area contributed by atoms with Gasteiger partial charge in [-0.1, -0.05) is 19.9 Å². The van der Waals surface area contributed by atoms with E-state index in [1.54, 1.807) is 6.07 Å². The number of hydrogen-bond acceptors (Lipinski definition) is 2. The van der Waals surface area contributed by atoms with Crippen molar-refractivity contribution in [1.29, 1.82) is 0 Å². The summed E-state index contributed by atoms with van der Waals surface area (Å²) in [5.74, 6) is 1.50. The number of nitrogens with zero attached hydrogens (tertiary/aromatic N) is 1. The summed E-state index contributed by atoms with van der Waals surface area (Å²) in [5.41, 5.74) is 8.21. The lowest BCUT2D eigenvalue weighted by Crippen LogP contribution is -2.29. The van der Waals surface area contributed by atoms with Crippen LogP contribution in [0.2, 0.25) is 0 Å². The minimum Gasteiger partial charge on any atom is -0.399 e. The summed E-state index contributed by atoms with van der Waals surface area (Å²) in [7, 11) is 0. The maximum Gasteiger partial charge on any atom is 0.254 e. The van der Waals surface area contributed by atoms with Gasteiger partial charge in [0, 0.05) is 24.3 Å². The Bertz CT molecular complexity index is 468. The number of nitrogen functional groups attached to an aromatic ring is 1. The fraction of sp³-hybridized carbons (Fsp3) is 0.562. The third-order valence-corrected chi connectivity index (χ3v) is 3.87. The summed E-state index contributed by atoms with van der Waals surface area (Å²) < 4.78 is 0. The maximum atomic E-state index is 12.5. The fourth-order valence-corrected chi connectivity index (χ4v) is 2.92. The van der Waals surface area contributed by atoms with Crippen molar-refractivity contribution in [3.05, 3.63) is 29.3 Å². The number of rotatable bonds is 3. The van der Waals surface area contributed by atoms with E-state index in [9.17, 15) is 4.79 Å². The summed E-state index contributed by atoms with van der Waals surface area (Å²) in [6.45, 7) is 8.23. The molecule has 1 aromatic carbocycles. The molecular weight excluding hydrogens is 236 g/mol. The smallest absolute Gasteiger partial charge is 0.254 e. The Kier molecular flexibility index (Phi) is 4.13. The first-order valence-electron chi connectivity index (χ1n) is 7.12. The number of likely N-dealkylation sites (tertiary alicyclic amines) is 1. The zero-order chi connectivity index (χ0) is 14.0. The van der Waals surface area contributed by atoms with Gasteiger partial charge in [0.05, 0.1) is 0 Å². The Morgan fingerprint density at radius 3 is 2.89 bits per heavy atom. The maximum absolute atomic E-state index is 12.5. The number of carbonyl (C=O) groups excluding carboxylic acids is 1. The summed E-state index contributed by atoms with van der Waals surface area (Å²) >= 11 is 0. The van der Waals surface area contributed by atoms with Crippen LogP contribution in [0.4, 0.5) is 5.69 Å². The molecule has 1 amide bonds. The predicted molar refractivity (Wildman–Crippen MR) is 79.1 cm³/mol. The third-order valence-electron chi connectivity index (χ3n) is 3.87. The largest absolute Gasteiger partial charge is 0.399 e. The monoisotopic (exact) mass is 260 g/mol. The van der Waals surface area contributed by atoms with E-state index in [4.69, 9.17) is 5.73 Å². The van der Waals surface area contributed by atoms with Gasteiger partial charge >= 0.3 is 0 Å². The molecule has 1 fully saturated rings. The Morgan fingerprint density at radius 2 is 2.21 bits per heavy atom. The van der Waals surface area contributed by atoms with Gasteiger partial charge in [0.25, 0.3) is 5.91 Å². The molecule has 0 aromatic heterocycles. The Morgan fingerprint density at radius 1 is 1.47 bits per heavy atom. The zero-order valence-electron chi connectivity index (χ0n) is 12.1. The number of carbonyl (C=O) groups is 1. The van der Waals surface area contributed by atoms with E-state index in [1.807, 2.05) is 24.0 Å². The van der Waals surface area contributed by atoms with Gasteiger partial charge in [-0.15, -0.1) is 0 Å². The minimum absolute atomic E-state index is 0.135. The van der Waals surface area contributed by atoms with Gasteiger partial charge in [-0.3, -0.25) is 4.79 Å². The van der Waals surface area contributed by atoms with Crippen LogP contribution >= 0.6 is 0 Å². The Labute approximate surface area is 115 Å². The molecule has 3 heteroatoms. The van der Waals surface area contributed by atoms with Crippen molar-refractivity contribution in [2.24, 2.45) is 11.8 Å². The molecule has 0 radical (unpaired) electrons. The molecule has 1 aromatic rings. The van der Waals surface area contributed by atoms with Crippen LogP contribution in [0.15, 0.2) is 18.2 Å². The number of anilines is 1. The zero-order valence-corrected chi connectivity index (χ0v) is 12.1. The van der Waals surface area contributed by atoms with Gasteiger partial charge < -0.3 is 10.6 Å². The van der Waals surface area contributed by atoms with Gasteiger partial charge in [-0.25, -0.2) is 0 Å². The van der Waals surface area contributed by atoms with Gasteiger partial charge in [0.2, 0.25) is 0 Å². The number of benzene rings is 1. The van der Waals surface area contributed by atoms with Crippen LogP contribution in [0.1, 0.15) is 42.6 Å². The van der Waals surface area contributed by atoms with Crippen LogP contribution in [-0.2, 0) is 0 Å². The standard InChI is InChI=1S/C16H24N2O/c1-11(2)8-13-6-7-18(10-13)16(19)15-9-14(17)5-4-12(15)3/h4-5,9,11,13H,6-8,10,17H2,1-3H3. The first-order chi connectivity index (χ1) is 8.97. The average Bonchev–Trinajstić information content (AvgIpc) is 2.79. The summed E-state index contributed by atoms with van der Waals surface area (Å²) in [6, 6.07) is 5.56. The minimum atomic E-state index is 0.135. The highest BCUT2D eigenvalue weighted by Crippen LogP contribution is 2.25. The molecule has 1 atom stereocenters. The SMILES string of the molecule is Cc1ccc(N)cc1C(=O)N1CCC(CC(C)C)C1. The summed E-state index contributed by atoms with van der Waals surface area (Å²) in [6.07, 6.45) is 2.34. The van der Waals surface area contributed by atoms with Crippen molar-refractivity contribution in [3.63, 3.8) is 0 Å². The van der Waals surface area contributed by atoms with Gasteiger partial charge in [0.1, 0.15) is 0 Å². The third kappa shape index (κ3) is 3.28. The molecule has 0 bridgehead atoms. The van der Waals surface area contributed by atoms with Crippen LogP contribution in [-0.4, -0.2) is 23.9 Å². The van der Waals surface area contributed by atoms with E-state index in [1.165, 1.54) is 6.42 Å². The van der Waals surface area contributed by atoms with Crippen molar-refractivity contribution in [2.75, 3.05) is 18.8 Å². The second-order valence-corrected chi connectivity index (χ2v) is 6.11. The van der Waals surface area contributed by atoms with E-state index in [2.05, 4.69) is 13.8 Å². The van der Waals surface area contributed by atoms with Crippen molar-refractivity contribution >= 4 is 11.6 Å². The van der Waals surface area contributed by atoms with Crippen molar-refractivity contribution in [1.82, 2.24) is 4.90 Å². The van der Waals surface area contributed by atoms with Gasteiger partial charge in [-0.2, -0.15) is 0 Å². The first kappa shape index (κ1) is 13.9. The molecule has 1 aliphatic heterocycles. The number of amides is 1. The molecule has 1 aliphatic rings. The van der Waals surface area contributed by atoms with Crippen LogP contribution in [0.5, 0.6) is 0 Å². The lowest BCUT2D eigenvalue weighted by molar-refractivity contribution is 0.0785. The van der Waals surface area contributed by atoms with Crippen LogP contribution in [0.3, 0.4) is 0 Å². The Balaban J connectivity index is 2.07. The second-order valence-electron chi connectivity index (χ2n) is 6.11. The number of aryl methyl sites for hydroxylation is 1. The highest BCUT2D eigenvalue weighted by atomic mass is 16.2. The molecule has 104 valence electrons. The van der Waals surface area contributed by atoms with Crippen molar-refractivity contribution in [2.45, 2.75) is 33.6 Å². The molecule has 3 nitrogen and oxygen atoms in total. The first-order valence-corrected chi connectivity index (χ1v) is 7.12. The van der Waals surface area contributed by atoms with Crippen molar-refractivity contribution < 1.29 is 4.79 Å². The number of nitrogens with two attached hydrogens (primary N) is 1. The van der Waals surface area contributed by atoms with E-state index in [0.717, 1.165) is 30.6 Å². The molecule has 0 aliphatic carbocycles. The van der Waals surface area contributed by atoms with E-state index in [-0.39, 0.29) is 5.91 Å². The highest BCUT2D eigenvalue weighted by Gasteiger charge is 2.27. The molecule has 2 rings (SSSR count). The molecule has 1 heterocycles. The van der Waals surface area contributed by atoms with E-state index >= 15 is 0 Å². The number of hydrogen-bond donors (Lipinski definition) is 1. The molecule has 2 N–H and O–H groups in total. The Hall–Kier alpha value is -1.51. The van der Waals surface area contributed by atoms with Gasteiger partial charge in [-0.05, 0) is 49.3 Å². The van der Waals surface area contributed by atoms with Crippen LogP contribution in [0.25, 0.3) is 0 Å². The second kappa shape index (κ2) is 5.64. The molecular formula is C16H24N2O. The van der Waals surface area contributed by atoms with E-state index in [0.29, 0.717) is 17.5 Å². The summed E-state index contributed by atoms with van der Waals surface area (Å²) in [5, 5.41) is 0. The molecule has 1 saturated heterocycles. The van der Waals surface area contributed by atoms with E-state index < -0.39 is 0 Å². The lowest BCUT2D eigenvalue weighted by atomic mass is 9.97.